The Balaban J connectivity index is 1.62. The van der Waals surface area contributed by atoms with Gasteiger partial charge in [-0.2, -0.15) is 0 Å². The van der Waals surface area contributed by atoms with Gasteiger partial charge in [-0.15, -0.1) is 5.10 Å². The van der Waals surface area contributed by atoms with Crippen LogP contribution in [0.25, 0.3) is 0 Å². The zero-order valence-corrected chi connectivity index (χ0v) is 11.5. The molecule has 1 atom stereocenters. The lowest BCUT2D eigenvalue weighted by Crippen LogP contribution is -2.34. The summed E-state index contributed by atoms with van der Waals surface area (Å²) >= 11 is 0. The van der Waals surface area contributed by atoms with Crippen molar-refractivity contribution in [3.8, 4) is 0 Å². The summed E-state index contributed by atoms with van der Waals surface area (Å²) in [5.74, 6) is 0.502. The van der Waals surface area contributed by atoms with E-state index in [2.05, 4.69) is 15.6 Å². The quantitative estimate of drug-likeness (QED) is 0.902. The Morgan fingerprint density at radius 2 is 2.15 bits per heavy atom. The van der Waals surface area contributed by atoms with Crippen LogP contribution in [0.1, 0.15) is 35.8 Å². The maximum atomic E-state index is 12.0. The molecule has 1 unspecified atom stereocenters. The van der Waals surface area contributed by atoms with Gasteiger partial charge in [0, 0.05) is 6.04 Å². The van der Waals surface area contributed by atoms with E-state index in [0.29, 0.717) is 18.2 Å². The fraction of sp³-hybridized carbons (Fsp3) is 0.400. The molecule has 0 aliphatic heterocycles. The summed E-state index contributed by atoms with van der Waals surface area (Å²) in [4.78, 5) is 12.0. The molecule has 1 aromatic heterocycles. The first kappa shape index (κ1) is 12.8. The summed E-state index contributed by atoms with van der Waals surface area (Å²) in [6, 6.07) is 10.2. The van der Waals surface area contributed by atoms with Gasteiger partial charge in [0.1, 0.15) is 0 Å². The minimum absolute atomic E-state index is 0.135. The Morgan fingerprint density at radius 1 is 1.40 bits per heavy atom. The van der Waals surface area contributed by atoms with Crippen molar-refractivity contribution in [2.45, 2.75) is 32.4 Å². The molecule has 0 bridgehead atoms. The SMILES string of the molecule is CC(NC(=O)c1cn(Cc2ccccc2)nn1)C1CC1. The standard InChI is InChI=1S/C15H18N4O/c1-11(13-7-8-13)16-15(20)14-10-19(18-17-14)9-12-5-3-2-4-6-12/h2-6,10-11,13H,7-9H2,1H3,(H,16,20). The van der Waals surface area contributed by atoms with E-state index >= 15 is 0 Å². The van der Waals surface area contributed by atoms with Gasteiger partial charge in [-0.1, -0.05) is 35.5 Å². The van der Waals surface area contributed by atoms with Gasteiger partial charge in [-0.05, 0) is 31.2 Å². The molecule has 5 heteroatoms. The Hall–Kier alpha value is -2.17. The number of hydrogen-bond acceptors (Lipinski definition) is 3. The molecule has 1 amide bonds. The molecule has 2 aromatic rings. The third-order valence-electron chi connectivity index (χ3n) is 3.65. The van der Waals surface area contributed by atoms with Gasteiger partial charge in [0.2, 0.25) is 0 Å². The van der Waals surface area contributed by atoms with Crippen LogP contribution in [0.2, 0.25) is 0 Å². The van der Waals surface area contributed by atoms with E-state index in [-0.39, 0.29) is 11.9 Å². The zero-order valence-electron chi connectivity index (χ0n) is 11.5. The average Bonchev–Trinajstić information content (AvgIpc) is 3.20. The third kappa shape index (κ3) is 3.04. The highest BCUT2D eigenvalue weighted by molar-refractivity contribution is 5.92. The number of aromatic nitrogens is 3. The molecule has 1 fully saturated rings. The molecule has 104 valence electrons. The van der Waals surface area contributed by atoms with Gasteiger partial charge >= 0.3 is 0 Å². The molecule has 0 spiro atoms. The molecule has 0 radical (unpaired) electrons. The zero-order chi connectivity index (χ0) is 13.9. The van der Waals surface area contributed by atoms with Crippen LogP contribution in [0.15, 0.2) is 36.5 Å². The van der Waals surface area contributed by atoms with Gasteiger partial charge in [0.15, 0.2) is 5.69 Å². The Labute approximate surface area is 118 Å². The summed E-state index contributed by atoms with van der Waals surface area (Å²) in [5, 5.41) is 10.9. The first-order valence-corrected chi connectivity index (χ1v) is 6.97. The van der Waals surface area contributed by atoms with Gasteiger partial charge in [0.25, 0.3) is 5.91 Å². The minimum atomic E-state index is -0.135. The van der Waals surface area contributed by atoms with Crippen LogP contribution in [-0.4, -0.2) is 26.9 Å². The predicted octanol–water partition coefficient (Wildman–Crippen LogP) is 1.85. The highest BCUT2D eigenvalue weighted by atomic mass is 16.2. The number of carbonyl (C=O) groups is 1. The van der Waals surface area contributed by atoms with Crippen LogP contribution in [0, 0.1) is 5.92 Å². The number of hydrogen-bond donors (Lipinski definition) is 1. The maximum absolute atomic E-state index is 12.0. The summed E-state index contributed by atoms with van der Waals surface area (Å²) in [6.07, 6.45) is 4.12. The normalized spacial score (nSPS) is 15.8. The minimum Gasteiger partial charge on any atom is -0.348 e. The summed E-state index contributed by atoms with van der Waals surface area (Å²) in [6.45, 7) is 2.67. The molecule has 20 heavy (non-hydrogen) atoms. The van der Waals surface area contributed by atoms with Crippen LogP contribution in [0.4, 0.5) is 0 Å². The third-order valence-corrected chi connectivity index (χ3v) is 3.65. The first-order valence-electron chi connectivity index (χ1n) is 6.97. The van der Waals surface area contributed by atoms with Crippen molar-refractivity contribution in [2.75, 3.05) is 0 Å². The van der Waals surface area contributed by atoms with Gasteiger partial charge in [0.05, 0.1) is 12.7 Å². The first-order chi connectivity index (χ1) is 9.72. The Kier molecular flexibility index (Phi) is 3.50. The number of amides is 1. The smallest absolute Gasteiger partial charge is 0.273 e. The molecule has 1 aromatic carbocycles. The lowest BCUT2D eigenvalue weighted by Gasteiger charge is -2.10. The summed E-state index contributed by atoms with van der Waals surface area (Å²) < 4.78 is 1.69. The van der Waals surface area contributed by atoms with Crippen molar-refractivity contribution in [1.29, 1.82) is 0 Å². The topological polar surface area (TPSA) is 59.8 Å². The Morgan fingerprint density at radius 3 is 2.85 bits per heavy atom. The maximum Gasteiger partial charge on any atom is 0.273 e. The molecule has 1 aliphatic carbocycles. The van der Waals surface area contributed by atoms with Crippen molar-refractivity contribution in [1.82, 2.24) is 20.3 Å². The summed E-state index contributed by atoms with van der Waals surface area (Å²) in [5.41, 5.74) is 1.52. The van der Waals surface area contributed by atoms with E-state index in [9.17, 15) is 4.79 Å². The number of rotatable bonds is 5. The van der Waals surface area contributed by atoms with Crippen LogP contribution >= 0.6 is 0 Å². The molecule has 3 rings (SSSR count). The lowest BCUT2D eigenvalue weighted by atomic mass is 10.2. The van der Waals surface area contributed by atoms with Crippen molar-refractivity contribution >= 4 is 5.91 Å². The van der Waals surface area contributed by atoms with Crippen molar-refractivity contribution < 1.29 is 4.79 Å². The number of nitrogens with zero attached hydrogens (tertiary/aromatic N) is 3. The van der Waals surface area contributed by atoms with Crippen LogP contribution in [-0.2, 0) is 6.54 Å². The molecule has 0 saturated heterocycles. The lowest BCUT2D eigenvalue weighted by molar-refractivity contribution is 0.0930. The van der Waals surface area contributed by atoms with Crippen molar-refractivity contribution in [2.24, 2.45) is 5.92 Å². The van der Waals surface area contributed by atoms with Gasteiger partial charge < -0.3 is 5.32 Å². The van der Waals surface area contributed by atoms with Gasteiger partial charge in [-0.25, -0.2) is 4.68 Å². The number of benzene rings is 1. The van der Waals surface area contributed by atoms with Crippen molar-refractivity contribution in [3.05, 3.63) is 47.8 Å². The highest BCUT2D eigenvalue weighted by Gasteiger charge is 2.29. The number of nitrogens with one attached hydrogen (secondary N) is 1. The molecule has 1 N–H and O–H groups in total. The molecule has 1 aliphatic rings. The molecule has 1 heterocycles. The van der Waals surface area contributed by atoms with E-state index < -0.39 is 0 Å². The van der Waals surface area contributed by atoms with E-state index in [1.165, 1.54) is 12.8 Å². The second-order valence-electron chi connectivity index (χ2n) is 5.39. The van der Waals surface area contributed by atoms with Crippen LogP contribution < -0.4 is 5.32 Å². The molecule has 5 nitrogen and oxygen atoms in total. The monoisotopic (exact) mass is 270 g/mol. The fourth-order valence-electron chi connectivity index (χ4n) is 2.25. The largest absolute Gasteiger partial charge is 0.348 e. The molecule has 1 saturated carbocycles. The predicted molar refractivity (Wildman–Crippen MR) is 75.2 cm³/mol. The molecular weight excluding hydrogens is 252 g/mol. The van der Waals surface area contributed by atoms with E-state index in [1.54, 1.807) is 10.9 Å². The highest BCUT2D eigenvalue weighted by Crippen LogP contribution is 2.32. The number of carbonyl (C=O) groups excluding carboxylic acids is 1. The average molecular weight is 270 g/mol. The van der Waals surface area contributed by atoms with E-state index in [1.807, 2.05) is 37.3 Å². The van der Waals surface area contributed by atoms with Crippen molar-refractivity contribution in [3.63, 3.8) is 0 Å². The Bertz CT molecular complexity index is 589. The van der Waals surface area contributed by atoms with E-state index in [0.717, 1.165) is 5.56 Å². The van der Waals surface area contributed by atoms with E-state index in [4.69, 9.17) is 0 Å². The second-order valence-corrected chi connectivity index (χ2v) is 5.39. The molecular formula is C15H18N4O. The summed E-state index contributed by atoms with van der Waals surface area (Å²) in [7, 11) is 0. The fourth-order valence-corrected chi connectivity index (χ4v) is 2.25. The second kappa shape index (κ2) is 5.45. The van der Waals surface area contributed by atoms with Gasteiger partial charge in [-0.3, -0.25) is 4.79 Å². The van der Waals surface area contributed by atoms with Crippen LogP contribution in [0.5, 0.6) is 0 Å². The van der Waals surface area contributed by atoms with Crippen LogP contribution in [0.3, 0.4) is 0 Å².